The second-order valence-corrected chi connectivity index (χ2v) is 5.91. The van der Waals surface area contributed by atoms with E-state index in [0.717, 1.165) is 36.2 Å². The molecule has 1 heterocycles. The Hall–Kier alpha value is -1.84. The summed E-state index contributed by atoms with van der Waals surface area (Å²) in [5, 5.41) is 4.15. The fourth-order valence-corrected chi connectivity index (χ4v) is 2.98. The third kappa shape index (κ3) is 3.00. The summed E-state index contributed by atoms with van der Waals surface area (Å²) < 4.78 is 5.37. The lowest BCUT2D eigenvalue weighted by Crippen LogP contribution is -1.97. The van der Waals surface area contributed by atoms with Gasteiger partial charge in [-0.25, -0.2) is 0 Å². The molecule has 1 aromatic carbocycles. The van der Waals surface area contributed by atoms with Gasteiger partial charge >= 0.3 is 0 Å². The van der Waals surface area contributed by atoms with Crippen LogP contribution < -0.4 is 5.73 Å². The van der Waals surface area contributed by atoms with Crippen LogP contribution in [0.2, 0.25) is 0 Å². The maximum atomic E-state index is 5.78. The molecule has 0 bridgehead atoms. The van der Waals surface area contributed by atoms with E-state index >= 15 is 0 Å². The van der Waals surface area contributed by atoms with Crippen molar-refractivity contribution in [2.24, 2.45) is 5.92 Å². The standard InChI is InChI=1S/C16H21N3O/c1-11-5-7-13(9-11)16-18-15(20-19-16)8-6-12-3-2-4-14(17)10-12/h2-4,10-11,13H,5-9,17H2,1H3. The molecule has 4 heteroatoms. The van der Waals surface area contributed by atoms with Crippen molar-refractivity contribution in [2.75, 3.05) is 5.73 Å². The molecule has 1 fully saturated rings. The zero-order valence-corrected chi connectivity index (χ0v) is 11.9. The average molecular weight is 271 g/mol. The molecule has 0 spiro atoms. The second-order valence-electron chi connectivity index (χ2n) is 5.91. The molecule has 3 rings (SSSR count). The molecule has 2 atom stereocenters. The number of aromatic nitrogens is 2. The highest BCUT2D eigenvalue weighted by atomic mass is 16.5. The van der Waals surface area contributed by atoms with Gasteiger partial charge in [-0.3, -0.25) is 0 Å². The van der Waals surface area contributed by atoms with Crippen molar-refractivity contribution in [3.63, 3.8) is 0 Å². The van der Waals surface area contributed by atoms with Gasteiger partial charge < -0.3 is 10.3 Å². The molecule has 2 N–H and O–H groups in total. The number of nitrogens with two attached hydrogens (primary N) is 1. The van der Waals surface area contributed by atoms with Crippen molar-refractivity contribution in [3.8, 4) is 0 Å². The highest BCUT2D eigenvalue weighted by molar-refractivity contribution is 5.40. The number of hydrogen-bond acceptors (Lipinski definition) is 4. The maximum Gasteiger partial charge on any atom is 0.226 e. The van der Waals surface area contributed by atoms with E-state index in [1.165, 1.54) is 24.8 Å². The first-order valence-electron chi connectivity index (χ1n) is 7.37. The van der Waals surface area contributed by atoms with E-state index < -0.39 is 0 Å². The molecule has 1 aliphatic carbocycles. The second kappa shape index (κ2) is 5.65. The minimum Gasteiger partial charge on any atom is -0.399 e. The fraction of sp³-hybridized carbons (Fsp3) is 0.500. The predicted octanol–water partition coefficient (Wildman–Crippen LogP) is 3.34. The lowest BCUT2D eigenvalue weighted by Gasteiger charge is -2.01. The third-order valence-electron chi connectivity index (χ3n) is 4.12. The van der Waals surface area contributed by atoms with Crippen LogP contribution in [0.1, 0.15) is 49.4 Å². The minimum atomic E-state index is 0.495. The maximum absolute atomic E-state index is 5.78. The van der Waals surface area contributed by atoms with Gasteiger partial charge in [0.05, 0.1) is 0 Å². The smallest absolute Gasteiger partial charge is 0.226 e. The zero-order chi connectivity index (χ0) is 13.9. The van der Waals surface area contributed by atoms with Crippen molar-refractivity contribution < 1.29 is 4.52 Å². The van der Waals surface area contributed by atoms with E-state index in [2.05, 4.69) is 23.1 Å². The van der Waals surface area contributed by atoms with Crippen LogP contribution >= 0.6 is 0 Å². The first kappa shape index (κ1) is 13.2. The van der Waals surface area contributed by atoms with Gasteiger partial charge in [0, 0.05) is 18.0 Å². The number of nitrogen functional groups attached to an aromatic ring is 1. The Kier molecular flexibility index (Phi) is 3.72. The van der Waals surface area contributed by atoms with Crippen molar-refractivity contribution in [2.45, 2.75) is 44.9 Å². The molecule has 0 saturated heterocycles. The van der Waals surface area contributed by atoms with Crippen molar-refractivity contribution in [1.82, 2.24) is 10.1 Å². The lowest BCUT2D eigenvalue weighted by molar-refractivity contribution is 0.369. The van der Waals surface area contributed by atoms with E-state index in [1.807, 2.05) is 18.2 Å². The van der Waals surface area contributed by atoms with E-state index in [-0.39, 0.29) is 0 Å². The SMILES string of the molecule is CC1CCC(c2noc(CCc3cccc(N)c3)n2)C1. The first-order valence-corrected chi connectivity index (χ1v) is 7.37. The van der Waals surface area contributed by atoms with Gasteiger partial charge in [0.25, 0.3) is 0 Å². The quantitative estimate of drug-likeness (QED) is 0.866. The summed E-state index contributed by atoms with van der Waals surface area (Å²) in [6.07, 6.45) is 5.31. The van der Waals surface area contributed by atoms with Crippen molar-refractivity contribution in [1.29, 1.82) is 0 Å². The van der Waals surface area contributed by atoms with E-state index in [9.17, 15) is 0 Å². The summed E-state index contributed by atoms with van der Waals surface area (Å²) in [5.74, 6) is 2.92. The topological polar surface area (TPSA) is 64.9 Å². The van der Waals surface area contributed by atoms with Crippen LogP contribution in [0.25, 0.3) is 0 Å². The number of anilines is 1. The van der Waals surface area contributed by atoms with Gasteiger partial charge in [0.1, 0.15) is 0 Å². The van der Waals surface area contributed by atoms with Crippen LogP contribution in [-0.2, 0) is 12.8 Å². The van der Waals surface area contributed by atoms with Gasteiger partial charge in [0.15, 0.2) is 5.82 Å². The van der Waals surface area contributed by atoms with Crippen LogP contribution in [0.3, 0.4) is 0 Å². The average Bonchev–Trinajstić information content (AvgIpc) is 3.05. The van der Waals surface area contributed by atoms with Crippen LogP contribution in [0.15, 0.2) is 28.8 Å². The summed E-state index contributed by atoms with van der Waals surface area (Å²) in [7, 11) is 0. The molecule has 2 unspecified atom stereocenters. The van der Waals surface area contributed by atoms with Crippen LogP contribution in [-0.4, -0.2) is 10.1 Å². The molecule has 20 heavy (non-hydrogen) atoms. The van der Waals surface area contributed by atoms with Crippen molar-refractivity contribution >= 4 is 5.69 Å². The summed E-state index contributed by atoms with van der Waals surface area (Å²) in [6, 6.07) is 7.95. The Morgan fingerprint density at radius 3 is 2.95 bits per heavy atom. The largest absolute Gasteiger partial charge is 0.399 e. The summed E-state index contributed by atoms with van der Waals surface area (Å²) >= 11 is 0. The highest BCUT2D eigenvalue weighted by Gasteiger charge is 2.26. The molecule has 0 amide bonds. The molecule has 1 aromatic heterocycles. The summed E-state index contributed by atoms with van der Waals surface area (Å²) in [6.45, 7) is 2.29. The van der Waals surface area contributed by atoms with E-state index in [0.29, 0.717) is 5.92 Å². The molecular weight excluding hydrogens is 250 g/mol. The van der Waals surface area contributed by atoms with Gasteiger partial charge in [-0.05, 0) is 49.3 Å². The number of hydrogen-bond donors (Lipinski definition) is 1. The highest BCUT2D eigenvalue weighted by Crippen LogP contribution is 2.36. The fourth-order valence-electron chi connectivity index (χ4n) is 2.98. The third-order valence-corrected chi connectivity index (χ3v) is 4.12. The number of aryl methyl sites for hydroxylation is 2. The Morgan fingerprint density at radius 2 is 2.20 bits per heavy atom. The lowest BCUT2D eigenvalue weighted by atomic mass is 10.1. The summed E-state index contributed by atoms with van der Waals surface area (Å²) in [5.41, 5.74) is 7.78. The van der Waals surface area contributed by atoms with Crippen molar-refractivity contribution in [3.05, 3.63) is 41.5 Å². The van der Waals surface area contributed by atoms with Crippen LogP contribution in [0.5, 0.6) is 0 Å². The number of rotatable bonds is 4. The molecule has 1 saturated carbocycles. The van der Waals surface area contributed by atoms with Gasteiger partial charge in [-0.15, -0.1) is 0 Å². The minimum absolute atomic E-state index is 0.495. The Bertz CT molecular complexity index is 579. The predicted molar refractivity (Wildman–Crippen MR) is 78.3 cm³/mol. The zero-order valence-electron chi connectivity index (χ0n) is 11.9. The molecule has 4 nitrogen and oxygen atoms in total. The Labute approximate surface area is 119 Å². The number of benzene rings is 1. The van der Waals surface area contributed by atoms with Gasteiger partial charge in [0.2, 0.25) is 5.89 Å². The van der Waals surface area contributed by atoms with Gasteiger partial charge in [-0.1, -0.05) is 24.2 Å². The van der Waals surface area contributed by atoms with Gasteiger partial charge in [-0.2, -0.15) is 4.98 Å². The molecular formula is C16H21N3O. The van der Waals surface area contributed by atoms with E-state index in [4.69, 9.17) is 10.3 Å². The number of nitrogens with zero attached hydrogens (tertiary/aromatic N) is 2. The summed E-state index contributed by atoms with van der Waals surface area (Å²) in [4.78, 5) is 4.56. The molecule has 1 aliphatic rings. The molecule has 106 valence electrons. The molecule has 2 aromatic rings. The normalized spacial score (nSPS) is 22.2. The molecule has 0 radical (unpaired) electrons. The Balaban J connectivity index is 1.60. The molecule has 0 aliphatic heterocycles. The first-order chi connectivity index (χ1) is 9.70. The van der Waals surface area contributed by atoms with Crippen LogP contribution in [0.4, 0.5) is 5.69 Å². The van der Waals surface area contributed by atoms with Crippen LogP contribution in [0, 0.1) is 5.92 Å². The Morgan fingerprint density at radius 1 is 1.30 bits per heavy atom. The van der Waals surface area contributed by atoms with E-state index in [1.54, 1.807) is 0 Å². The monoisotopic (exact) mass is 271 g/mol.